The van der Waals surface area contributed by atoms with E-state index in [9.17, 15) is 0 Å². The van der Waals surface area contributed by atoms with Crippen LogP contribution in [0.1, 0.15) is 26.0 Å². The van der Waals surface area contributed by atoms with Crippen LogP contribution < -0.4 is 5.73 Å². The Labute approximate surface area is 99.9 Å². The van der Waals surface area contributed by atoms with E-state index in [0.29, 0.717) is 11.6 Å². The van der Waals surface area contributed by atoms with Gasteiger partial charge in [0.05, 0.1) is 10.7 Å². The van der Waals surface area contributed by atoms with E-state index in [4.69, 9.17) is 22.5 Å². The number of aromatic nitrogens is 2. The van der Waals surface area contributed by atoms with Crippen molar-refractivity contribution < 1.29 is 5.21 Å². The van der Waals surface area contributed by atoms with E-state index in [2.05, 4.69) is 10.3 Å². The average molecular weight is 245 g/mol. The van der Waals surface area contributed by atoms with Crippen LogP contribution in [0.2, 0.25) is 5.02 Å². The molecule has 0 aromatic carbocycles. The van der Waals surface area contributed by atoms with Crippen LogP contribution in [0.15, 0.2) is 11.4 Å². The second-order valence-corrected chi connectivity index (χ2v) is 4.85. The van der Waals surface area contributed by atoms with Crippen molar-refractivity contribution in [2.75, 3.05) is 0 Å². The molecule has 0 amide bonds. The summed E-state index contributed by atoms with van der Waals surface area (Å²) < 4.78 is 1.77. The highest BCUT2D eigenvalue weighted by molar-refractivity contribution is 6.31. The van der Waals surface area contributed by atoms with Gasteiger partial charge >= 0.3 is 0 Å². The first-order valence-electron chi connectivity index (χ1n) is 5.04. The molecule has 0 saturated carbocycles. The summed E-state index contributed by atoms with van der Waals surface area (Å²) in [6.45, 7) is 6.37. The minimum atomic E-state index is -0.360. The molecule has 5 nitrogen and oxygen atoms in total. The second-order valence-electron chi connectivity index (χ2n) is 4.44. The van der Waals surface area contributed by atoms with Gasteiger partial charge in [0.1, 0.15) is 5.84 Å². The summed E-state index contributed by atoms with van der Waals surface area (Å²) in [6.07, 6.45) is 2.50. The number of oxime groups is 1. The lowest BCUT2D eigenvalue weighted by Gasteiger charge is -2.22. The van der Waals surface area contributed by atoms with Gasteiger partial charge in [-0.1, -0.05) is 30.6 Å². The zero-order chi connectivity index (χ0) is 12.3. The SMILES string of the molecule is Cc1nn(CCC(C)(C)C(N)=NO)cc1Cl. The van der Waals surface area contributed by atoms with E-state index in [1.54, 1.807) is 10.9 Å². The van der Waals surface area contributed by atoms with Crippen LogP contribution in [0.3, 0.4) is 0 Å². The standard InChI is InChI=1S/C10H17ClN4O/c1-7-8(11)6-15(13-7)5-4-10(2,3)9(12)14-16/h6,16H,4-5H2,1-3H3,(H2,12,14). The van der Waals surface area contributed by atoms with Crippen LogP contribution in [-0.2, 0) is 6.54 Å². The summed E-state index contributed by atoms with van der Waals surface area (Å²) >= 11 is 5.90. The smallest absolute Gasteiger partial charge is 0.144 e. The summed E-state index contributed by atoms with van der Waals surface area (Å²) in [7, 11) is 0. The Balaban J connectivity index is 2.64. The summed E-state index contributed by atoms with van der Waals surface area (Å²) in [6, 6.07) is 0. The molecule has 0 atom stereocenters. The quantitative estimate of drug-likeness (QED) is 0.368. The molecule has 1 aromatic rings. The molecule has 0 saturated heterocycles. The van der Waals surface area contributed by atoms with Crippen molar-refractivity contribution in [2.24, 2.45) is 16.3 Å². The van der Waals surface area contributed by atoms with E-state index in [1.165, 1.54) is 0 Å². The molecule has 6 heteroatoms. The third-order valence-electron chi connectivity index (χ3n) is 2.65. The van der Waals surface area contributed by atoms with Crippen LogP contribution in [0, 0.1) is 12.3 Å². The molecule has 0 aliphatic carbocycles. The lowest BCUT2D eigenvalue weighted by molar-refractivity contribution is 0.302. The van der Waals surface area contributed by atoms with Gasteiger partial charge in [-0.3, -0.25) is 4.68 Å². The molecule has 0 aliphatic rings. The van der Waals surface area contributed by atoms with Crippen LogP contribution in [0.5, 0.6) is 0 Å². The van der Waals surface area contributed by atoms with Gasteiger partial charge in [-0.15, -0.1) is 0 Å². The first kappa shape index (κ1) is 12.8. The van der Waals surface area contributed by atoms with Gasteiger partial charge in [-0.05, 0) is 13.3 Å². The zero-order valence-electron chi connectivity index (χ0n) is 9.74. The van der Waals surface area contributed by atoms with Crippen molar-refractivity contribution >= 4 is 17.4 Å². The normalized spacial score (nSPS) is 13.1. The molecule has 1 aromatic heterocycles. The van der Waals surface area contributed by atoms with Crippen molar-refractivity contribution in [2.45, 2.75) is 33.7 Å². The van der Waals surface area contributed by atoms with Crippen molar-refractivity contribution in [3.05, 3.63) is 16.9 Å². The predicted octanol–water partition coefficient (Wildman–Crippen LogP) is 2.01. The molecule has 0 radical (unpaired) electrons. The van der Waals surface area contributed by atoms with Gasteiger partial charge in [0.2, 0.25) is 0 Å². The minimum absolute atomic E-state index is 0.225. The van der Waals surface area contributed by atoms with E-state index < -0.39 is 0 Å². The molecule has 1 heterocycles. The van der Waals surface area contributed by atoms with Gasteiger partial charge in [0.25, 0.3) is 0 Å². The molecule has 0 bridgehead atoms. The summed E-state index contributed by atoms with van der Waals surface area (Å²) in [4.78, 5) is 0. The minimum Gasteiger partial charge on any atom is -0.409 e. The third kappa shape index (κ3) is 2.88. The Morgan fingerprint density at radius 3 is 2.75 bits per heavy atom. The molecular formula is C10H17ClN4O. The molecule has 16 heavy (non-hydrogen) atoms. The van der Waals surface area contributed by atoms with Crippen molar-refractivity contribution in [1.29, 1.82) is 0 Å². The molecule has 3 N–H and O–H groups in total. The molecule has 1 rings (SSSR count). The van der Waals surface area contributed by atoms with Crippen molar-refractivity contribution in [3.8, 4) is 0 Å². The molecular weight excluding hydrogens is 228 g/mol. The first-order chi connectivity index (χ1) is 7.36. The number of nitrogens with two attached hydrogens (primary N) is 1. The van der Waals surface area contributed by atoms with E-state index in [0.717, 1.165) is 12.1 Å². The monoisotopic (exact) mass is 244 g/mol. The second kappa shape index (κ2) is 4.74. The van der Waals surface area contributed by atoms with Crippen LogP contribution in [0.25, 0.3) is 0 Å². The number of nitrogens with zero attached hydrogens (tertiary/aromatic N) is 3. The van der Waals surface area contributed by atoms with Crippen molar-refractivity contribution in [3.63, 3.8) is 0 Å². The molecule has 0 spiro atoms. The summed E-state index contributed by atoms with van der Waals surface area (Å²) in [5.41, 5.74) is 6.04. The number of hydrogen-bond acceptors (Lipinski definition) is 3. The largest absolute Gasteiger partial charge is 0.409 e. The van der Waals surface area contributed by atoms with Crippen LogP contribution in [-0.4, -0.2) is 20.8 Å². The lowest BCUT2D eigenvalue weighted by atomic mass is 9.88. The van der Waals surface area contributed by atoms with Gasteiger partial charge < -0.3 is 10.9 Å². The first-order valence-corrected chi connectivity index (χ1v) is 5.42. The maximum absolute atomic E-state index is 8.64. The Hall–Kier alpha value is -1.23. The Morgan fingerprint density at radius 1 is 1.69 bits per heavy atom. The van der Waals surface area contributed by atoms with Crippen LogP contribution in [0.4, 0.5) is 0 Å². The lowest BCUT2D eigenvalue weighted by Crippen LogP contribution is -2.33. The highest BCUT2D eigenvalue weighted by Crippen LogP contribution is 2.22. The van der Waals surface area contributed by atoms with Gasteiger partial charge in [0.15, 0.2) is 0 Å². The fourth-order valence-electron chi connectivity index (χ4n) is 1.27. The maximum Gasteiger partial charge on any atom is 0.144 e. The average Bonchev–Trinajstić information content (AvgIpc) is 2.54. The van der Waals surface area contributed by atoms with Gasteiger partial charge in [-0.25, -0.2) is 0 Å². The molecule has 90 valence electrons. The number of halogens is 1. The fourth-order valence-corrected chi connectivity index (χ4v) is 1.42. The number of hydrogen-bond donors (Lipinski definition) is 2. The van der Waals surface area contributed by atoms with Gasteiger partial charge in [0, 0.05) is 18.2 Å². The number of rotatable bonds is 4. The fraction of sp³-hybridized carbons (Fsp3) is 0.600. The van der Waals surface area contributed by atoms with E-state index >= 15 is 0 Å². The molecule has 0 aliphatic heterocycles. The highest BCUT2D eigenvalue weighted by Gasteiger charge is 2.23. The predicted molar refractivity (Wildman–Crippen MR) is 63.8 cm³/mol. The maximum atomic E-state index is 8.64. The Morgan fingerprint density at radius 2 is 2.31 bits per heavy atom. The highest BCUT2D eigenvalue weighted by atomic mass is 35.5. The molecule has 0 unspecified atom stereocenters. The van der Waals surface area contributed by atoms with Gasteiger partial charge in [-0.2, -0.15) is 5.10 Å². The Bertz CT molecular complexity index is 378. The Kier molecular flexibility index (Phi) is 3.80. The number of aryl methyl sites for hydroxylation is 2. The summed E-state index contributed by atoms with van der Waals surface area (Å²) in [5.74, 6) is 0.225. The van der Waals surface area contributed by atoms with Crippen molar-refractivity contribution in [1.82, 2.24) is 9.78 Å². The molecule has 0 fully saturated rings. The zero-order valence-corrected chi connectivity index (χ0v) is 10.5. The van der Waals surface area contributed by atoms with E-state index in [-0.39, 0.29) is 11.3 Å². The topological polar surface area (TPSA) is 76.4 Å². The van der Waals surface area contributed by atoms with Crippen LogP contribution >= 0.6 is 11.6 Å². The summed E-state index contributed by atoms with van der Waals surface area (Å²) in [5, 5.41) is 16.6. The third-order valence-corrected chi connectivity index (χ3v) is 3.02. The van der Waals surface area contributed by atoms with E-state index in [1.807, 2.05) is 20.8 Å². The number of amidine groups is 1.